The molecule has 1 atom stereocenters. The summed E-state index contributed by atoms with van der Waals surface area (Å²) < 4.78 is 10.8. The van der Waals surface area contributed by atoms with Crippen LogP contribution in [-0.4, -0.2) is 27.5 Å². The molecule has 100 valence electrons. The summed E-state index contributed by atoms with van der Waals surface area (Å²) in [5.41, 5.74) is -0.640. The highest BCUT2D eigenvalue weighted by Crippen LogP contribution is 2.32. The predicted octanol–water partition coefficient (Wildman–Crippen LogP) is 2.16. The molecule has 0 amide bonds. The smallest absolute Gasteiger partial charge is 0.229 e. The van der Waals surface area contributed by atoms with Gasteiger partial charge in [-0.1, -0.05) is 24.4 Å². The first-order valence-electron chi connectivity index (χ1n) is 6.92. The molecule has 1 unspecified atom stereocenters. The molecule has 1 aliphatic carbocycles. The Kier molecular flexibility index (Phi) is 3.35. The summed E-state index contributed by atoms with van der Waals surface area (Å²) in [5, 5.41) is 14.4. The Morgan fingerprint density at radius 1 is 1.22 bits per heavy atom. The molecule has 1 aromatic heterocycles. The molecule has 1 saturated carbocycles. The monoisotopic (exact) mass is 252 g/mol. The summed E-state index contributed by atoms with van der Waals surface area (Å²) in [4.78, 5) is 4.37. The summed E-state index contributed by atoms with van der Waals surface area (Å²) in [5.74, 6) is 1.19. The zero-order chi connectivity index (χ0) is 12.4. The highest BCUT2D eigenvalue weighted by molar-refractivity contribution is 4.97. The van der Waals surface area contributed by atoms with Crippen LogP contribution in [0.4, 0.5) is 0 Å². The van der Waals surface area contributed by atoms with Gasteiger partial charge in [0.15, 0.2) is 0 Å². The van der Waals surface area contributed by atoms with E-state index in [0.29, 0.717) is 18.1 Å². The molecule has 18 heavy (non-hydrogen) atoms. The van der Waals surface area contributed by atoms with Gasteiger partial charge in [-0.25, -0.2) is 0 Å². The van der Waals surface area contributed by atoms with Gasteiger partial charge in [0.05, 0.1) is 12.0 Å². The molecule has 0 aromatic carbocycles. The lowest BCUT2D eigenvalue weighted by Gasteiger charge is -2.30. The Morgan fingerprint density at radius 3 is 2.78 bits per heavy atom. The lowest BCUT2D eigenvalue weighted by molar-refractivity contribution is -0.00181. The lowest BCUT2D eigenvalue weighted by atomic mass is 9.82. The highest BCUT2D eigenvalue weighted by Gasteiger charge is 2.32. The fourth-order valence-corrected chi connectivity index (χ4v) is 2.92. The third-order valence-electron chi connectivity index (χ3n) is 3.97. The predicted molar refractivity (Wildman–Crippen MR) is 64.0 cm³/mol. The number of aliphatic hydroxyl groups is 1. The molecule has 0 bridgehead atoms. The van der Waals surface area contributed by atoms with Crippen LogP contribution in [0.3, 0.4) is 0 Å². The SMILES string of the molecule is OC1(Cc2nc(C3CCCO3)no2)CCCCC1. The van der Waals surface area contributed by atoms with E-state index in [1.165, 1.54) is 6.42 Å². The molecule has 0 spiro atoms. The van der Waals surface area contributed by atoms with Crippen LogP contribution in [0.2, 0.25) is 0 Å². The number of hydrogen-bond donors (Lipinski definition) is 1. The van der Waals surface area contributed by atoms with E-state index in [9.17, 15) is 5.11 Å². The normalized spacial score (nSPS) is 27.5. The largest absolute Gasteiger partial charge is 0.389 e. The number of rotatable bonds is 3. The number of aromatic nitrogens is 2. The standard InChI is InChI=1S/C13H20N2O3/c16-13(6-2-1-3-7-13)9-11-14-12(15-18-11)10-5-4-8-17-10/h10,16H,1-9H2. The van der Waals surface area contributed by atoms with Crippen LogP contribution < -0.4 is 0 Å². The minimum Gasteiger partial charge on any atom is -0.389 e. The molecule has 2 aliphatic rings. The first kappa shape index (κ1) is 12.1. The zero-order valence-electron chi connectivity index (χ0n) is 10.6. The first-order valence-corrected chi connectivity index (χ1v) is 6.92. The molecule has 0 radical (unpaired) electrons. The maximum atomic E-state index is 10.4. The molecule has 5 nitrogen and oxygen atoms in total. The van der Waals surface area contributed by atoms with Crippen molar-refractivity contribution in [3.63, 3.8) is 0 Å². The lowest BCUT2D eigenvalue weighted by Crippen LogP contribution is -2.33. The third kappa shape index (κ3) is 2.57. The Morgan fingerprint density at radius 2 is 2.06 bits per heavy atom. The van der Waals surface area contributed by atoms with Crippen molar-refractivity contribution in [2.24, 2.45) is 0 Å². The second kappa shape index (κ2) is 4.97. The van der Waals surface area contributed by atoms with Crippen LogP contribution in [0.5, 0.6) is 0 Å². The maximum absolute atomic E-state index is 10.4. The first-order chi connectivity index (χ1) is 8.75. The van der Waals surface area contributed by atoms with Crippen LogP contribution in [-0.2, 0) is 11.2 Å². The van der Waals surface area contributed by atoms with E-state index in [-0.39, 0.29) is 6.10 Å². The van der Waals surface area contributed by atoms with Crippen molar-refractivity contribution in [2.45, 2.75) is 63.1 Å². The van der Waals surface area contributed by atoms with E-state index in [4.69, 9.17) is 9.26 Å². The average Bonchev–Trinajstić information content (AvgIpc) is 2.99. The topological polar surface area (TPSA) is 68.4 Å². The van der Waals surface area contributed by atoms with E-state index < -0.39 is 5.60 Å². The van der Waals surface area contributed by atoms with Crippen molar-refractivity contribution in [3.8, 4) is 0 Å². The van der Waals surface area contributed by atoms with Crippen LogP contribution >= 0.6 is 0 Å². The molecular formula is C13H20N2O3. The van der Waals surface area contributed by atoms with Gasteiger partial charge in [0.25, 0.3) is 0 Å². The van der Waals surface area contributed by atoms with Gasteiger partial charge in [-0.3, -0.25) is 0 Å². The number of hydrogen-bond acceptors (Lipinski definition) is 5. The van der Waals surface area contributed by atoms with Crippen molar-refractivity contribution in [1.82, 2.24) is 10.1 Å². The van der Waals surface area contributed by atoms with Crippen LogP contribution in [0.1, 0.15) is 62.8 Å². The third-order valence-corrected chi connectivity index (χ3v) is 3.97. The van der Waals surface area contributed by atoms with Crippen molar-refractivity contribution < 1.29 is 14.4 Å². The Hall–Kier alpha value is -0.940. The molecular weight excluding hydrogens is 232 g/mol. The van der Waals surface area contributed by atoms with E-state index in [1.54, 1.807) is 0 Å². The Bertz CT molecular complexity index is 393. The number of nitrogens with zero attached hydrogens (tertiary/aromatic N) is 2. The van der Waals surface area contributed by atoms with Gasteiger partial charge >= 0.3 is 0 Å². The van der Waals surface area contributed by atoms with Gasteiger partial charge in [0.1, 0.15) is 6.10 Å². The molecule has 5 heteroatoms. The van der Waals surface area contributed by atoms with Gasteiger partial charge in [-0.05, 0) is 25.7 Å². The molecule has 1 aromatic rings. The van der Waals surface area contributed by atoms with E-state index in [1.807, 2.05) is 0 Å². The second-order valence-electron chi connectivity index (χ2n) is 5.51. The van der Waals surface area contributed by atoms with E-state index >= 15 is 0 Å². The number of ether oxygens (including phenoxy) is 1. The average molecular weight is 252 g/mol. The zero-order valence-corrected chi connectivity index (χ0v) is 10.6. The van der Waals surface area contributed by atoms with Crippen LogP contribution in [0, 0.1) is 0 Å². The van der Waals surface area contributed by atoms with Crippen molar-refractivity contribution in [2.75, 3.05) is 6.61 Å². The molecule has 1 N–H and O–H groups in total. The quantitative estimate of drug-likeness (QED) is 0.892. The molecule has 2 heterocycles. The van der Waals surface area contributed by atoms with Gasteiger partial charge < -0.3 is 14.4 Å². The fourth-order valence-electron chi connectivity index (χ4n) is 2.92. The maximum Gasteiger partial charge on any atom is 0.229 e. The van der Waals surface area contributed by atoms with Gasteiger partial charge in [-0.2, -0.15) is 4.98 Å². The van der Waals surface area contributed by atoms with Crippen LogP contribution in [0.15, 0.2) is 4.52 Å². The van der Waals surface area contributed by atoms with Crippen LogP contribution in [0.25, 0.3) is 0 Å². The van der Waals surface area contributed by atoms with Crippen molar-refractivity contribution >= 4 is 0 Å². The van der Waals surface area contributed by atoms with Gasteiger partial charge in [0, 0.05) is 6.61 Å². The summed E-state index contributed by atoms with van der Waals surface area (Å²) >= 11 is 0. The minimum atomic E-state index is -0.640. The molecule has 1 saturated heterocycles. The summed E-state index contributed by atoms with van der Waals surface area (Å²) in [7, 11) is 0. The Labute approximate surface area is 107 Å². The summed E-state index contributed by atoms with van der Waals surface area (Å²) in [6.45, 7) is 0.776. The highest BCUT2D eigenvalue weighted by atomic mass is 16.5. The summed E-state index contributed by atoms with van der Waals surface area (Å²) in [6, 6.07) is 0. The van der Waals surface area contributed by atoms with Gasteiger partial charge in [-0.15, -0.1) is 0 Å². The van der Waals surface area contributed by atoms with Crippen molar-refractivity contribution in [1.29, 1.82) is 0 Å². The fraction of sp³-hybridized carbons (Fsp3) is 0.846. The summed E-state index contributed by atoms with van der Waals surface area (Å²) in [6.07, 6.45) is 7.55. The second-order valence-corrected chi connectivity index (χ2v) is 5.51. The minimum absolute atomic E-state index is 0.0106. The van der Waals surface area contributed by atoms with Crippen molar-refractivity contribution in [3.05, 3.63) is 11.7 Å². The Balaban J connectivity index is 1.65. The molecule has 3 rings (SSSR count). The van der Waals surface area contributed by atoms with Gasteiger partial charge in [0.2, 0.25) is 11.7 Å². The molecule has 2 fully saturated rings. The van der Waals surface area contributed by atoms with E-state index in [0.717, 1.165) is 45.1 Å². The molecule has 1 aliphatic heterocycles. The van der Waals surface area contributed by atoms with E-state index in [2.05, 4.69) is 10.1 Å².